The molecule has 6 heteroatoms. The van der Waals surface area contributed by atoms with Crippen LogP contribution in [0, 0.1) is 5.92 Å². The fraction of sp³-hybridized carbons (Fsp3) is 0.357. The van der Waals surface area contributed by atoms with Gasteiger partial charge >= 0.3 is 5.97 Å². The normalized spacial score (nSPS) is 17.6. The lowest BCUT2D eigenvalue weighted by molar-refractivity contribution is -0.142. The van der Waals surface area contributed by atoms with Crippen molar-refractivity contribution in [2.75, 3.05) is 7.11 Å². The van der Waals surface area contributed by atoms with Gasteiger partial charge in [0.05, 0.1) is 13.0 Å². The number of methoxy groups -OCH3 is 1. The van der Waals surface area contributed by atoms with Crippen LogP contribution in [0.1, 0.15) is 12.2 Å². The molecule has 0 bridgehead atoms. The Hall–Kier alpha value is -2.37. The zero-order valence-corrected chi connectivity index (χ0v) is 11.1. The Morgan fingerprint density at radius 2 is 2.30 bits per heavy atom. The maximum absolute atomic E-state index is 11.2. The maximum Gasteiger partial charge on any atom is 0.308 e. The molecule has 0 fully saturated rings. The van der Waals surface area contributed by atoms with Crippen LogP contribution in [0.3, 0.4) is 0 Å². The van der Waals surface area contributed by atoms with Crippen molar-refractivity contribution >= 4 is 5.97 Å². The van der Waals surface area contributed by atoms with E-state index in [1.165, 1.54) is 0 Å². The number of carboxylic acid groups (broad SMARTS) is 1. The molecule has 104 valence electrons. The summed E-state index contributed by atoms with van der Waals surface area (Å²) in [6.07, 6.45) is 1.26. The molecule has 20 heavy (non-hydrogen) atoms. The average Bonchev–Trinajstić information content (AvgIpc) is 2.90. The Morgan fingerprint density at radius 3 is 3.05 bits per heavy atom. The van der Waals surface area contributed by atoms with Crippen molar-refractivity contribution in [1.82, 2.24) is 14.8 Å². The molecule has 1 atom stereocenters. The lowest BCUT2D eigenvalue weighted by atomic mass is 9.99. The Labute approximate surface area is 116 Å². The largest absolute Gasteiger partial charge is 0.497 e. The summed E-state index contributed by atoms with van der Waals surface area (Å²) in [6.45, 7) is 0.421. The van der Waals surface area contributed by atoms with Crippen LogP contribution in [0.4, 0.5) is 0 Å². The molecule has 0 spiro atoms. The first-order valence-electron chi connectivity index (χ1n) is 6.48. The number of aryl methyl sites for hydroxylation is 1. The molecule has 6 nitrogen and oxygen atoms in total. The number of benzene rings is 1. The van der Waals surface area contributed by atoms with Crippen LogP contribution in [0.15, 0.2) is 24.3 Å². The van der Waals surface area contributed by atoms with Gasteiger partial charge in [0.25, 0.3) is 0 Å². The molecule has 1 aliphatic rings. The third kappa shape index (κ3) is 2.13. The van der Waals surface area contributed by atoms with Crippen LogP contribution in [0.25, 0.3) is 11.4 Å². The number of carboxylic acids is 1. The van der Waals surface area contributed by atoms with Crippen LogP contribution in [-0.4, -0.2) is 33.0 Å². The maximum atomic E-state index is 11.2. The fourth-order valence-electron chi connectivity index (χ4n) is 2.50. The average molecular weight is 273 g/mol. The molecule has 0 saturated carbocycles. The minimum Gasteiger partial charge on any atom is -0.497 e. The fourth-order valence-corrected chi connectivity index (χ4v) is 2.50. The lowest BCUT2D eigenvalue weighted by Gasteiger charge is -2.21. The number of nitrogens with zero attached hydrogens (tertiary/aromatic N) is 3. The van der Waals surface area contributed by atoms with E-state index in [2.05, 4.69) is 10.2 Å². The number of aliphatic carboxylic acids is 1. The van der Waals surface area contributed by atoms with E-state index in [-0.39, 0.29) is 5.92 Å². The predicted molar refractivity (Wildman–Crippen MR) is 71.5 cm³/mol. The van der Waals surface area contributed by atoms with Crippen molar-refractivity contribution in [3.8, 4) is 17.1 Å². The summed E-state index contributed by atoms with van der Waals surface area (Å²) < 4.78 is 7.10. The second-order valence-electron chi connectivity index (χ2n) is 4.86. The Balaban J connectivity index is 2.00. The van der Waals surface area contributed by atoms with Gasteiger partial charge in [0.2, 0.25) is 0 Å². The Kier molecular flexibility index (Phi) is 3.14. The molecule has 1 aliphatic heterocycles. The minimum absolute atomic E-state index is 0.372. The first-order valence-corrected chi connectivity index (χ1v) is 6.48. The number of aromatic nitrogens is 3. The summed E-state index contributed by atoms with van der Waals surface area (Å²) >= 11 is 0. The number of fused-ring (bicyclic) bond motifs is 1. The molecule has 1 N–H and O–H groups in total. The van der Waals surface area contributed by atoms with E-state index in [1.807, 2.05) is 28.8 Å². The summed E-state index contributed by atoms with van der Waals surface area (Å²) in [5, 5.41) is 17.5. The molecule has 0 radical (unpaired) electrons. The van der Waals surface area contributed by atoms with Gasteiger partial charge in [-0.1, -0.05) is 12.1 Å². The van der Waals surface area contributed by atoms with Gasteiger partial charge in [-0.2, -0.15) is 0 Å². The summed E-state index contributed by atoms with van der Waals surface area (Å²) in [7, 11) is 1.61. The van der Waals surface area contributed by atoms with E-state index in [4.69, 9.17) is 4.74 Å². The standard InChI is InChI=1S/C14H15N3O3/c1-20-11-4-2-3-9(7-11)13-16-15-12-6-5-10(14(18)19)8-17(12)13/h2-4,7,10H,5-6,8H2,1H3,(H,18,19). The lowest BCUT2D eigenvalue weighted by Crippen LogP contribution is -2.27. The predicted octanol–water partition coefficient (Wildman–Crippen LogP) is 1.60. The Morgan fingerprint density at radius 1 is 1.45 bits per heavy atom. The monoisotopic (exact) mass is 273 g/mol. The minimum atomic E-state index is -0.763. The van der Waals surface area contributed by atoms with Crippen molar-refractivity contribution < 1.29 is 14.6 Å². The molecule has 0 aliphatic carbocycles. The smallest absolute Gasteiger partial charge is 0.308 e. The highest BCUT2D eigenvalue weighted by molar-refractivity contribution is 5.70. The van der Waals surface area contributed by atoms with Gasteiger partial charge < -0.3 is 14.4 Å². The third-order valence-corrected chi connectivity index (χ3v) is 3.62. The van der Waals surface area contributed by atoms with Crippen LogP contribution in [0.2, 0.25) is 0 Å². The molecule has 1 aromatic heterocycles. The second kappa shape index (κ2) is 4.96. The topological polar surface area (TPSA) is 77.2 Å². The first kappa shape index (κ1) is 12.7. The zero-order chi connectivity index (χ0) is 14.1. The number of hydrogen-bond donors (Lipinski definition) is 1. The molecule has 0 saturated heterocycles. The van der Waals surface area contributed by atoms with E-state index >= 15 is 0 Å². The van der Waals surface area contributed by atoms with Gasteiger partial charge in [-0.05, 0) is 18.6 Å². The van der Waals surface area contributed by atoms with Gasteiger partial charge in [0, 0.05) is 18.5 Å². The van der Waals surface area contributed by atoms with Gasteiger partial charge in [0.1, 0.15) is 11.6 Å². The van der Waals surface area contributed by atoms with E-state index in [9.17, 15) is 9.90 Å². The highest BCUT2D eigenvalue weighted by Crippen LogP contribution is 2.27. The molecule has 0 amide bonds. The molecule has 2 heterocycles. The highest BCUT2D eigenvalue weighted by atomic mass is 16.5. The van der Waals surface area contributed by atoms with Crippen LogP contribution in [-0.2, 0) is 17.8 Å². The molecule has 1 aromatic carbocycles. The first-order chi connectivity index (χ1) is 9.69. The number of ether oxygens (including phenoxy) is 1. The summed E-state index contributed by atoms with van der Waals surface area (Å²) in [6, 6.07) is 7.54. The molecule has 1 unspecified atom stereocenters. The molecule has 3 rings (SSSR count). The van der Waals surface area contributed by atoms with Gasteiger partial charge in [-0.15, -0.1) is 10.2 Å². The van der Waals surface area contributed by atoms with Gasteiger partial charge in [-0.3, -0.25) is 4.79 Å². The van der Waals surface area contributed by atoms with E-state index in [0.717, 1.165) is 17.1 Å². The van der Waals surface area contributed by atoms with Gasteiger partial charge in [0.15, 0.2) is 5.82 Å². The number of rotatable bonds is 3. The van der Waals surface area contributed by atoms with E-state index in [0.29, 0.717) is 25.2 Å². The molecule has 2 aromatic rings. The summed E-state index contributed by atoms with van der Waals surface area (Å²) in [5.74, 6) is 1.15. The summed E-state index contributed by atoms with van der Waals surface area (Å²) in [5.41, 5.74) is 0.883. The highest BCUT2D eigenvalue weighted by Gasteiger charge is 2.27. The Bertz CT molecular complexity index is 651. The van der Waals surface area contributed by atoms with Crippen molar-refractivity contribution in [1.29, 1.82) is 0 Å². The van der Waals surface area contributed by atoms with Crippen LogP contribution in [0.5, 0.6) is 5.75 Å². The molecular weight excluding hydrogens is 258 g/mol. The zero-order valence-electron chi connectivity index (χ0n) is 11.1. The van der Waals surface area contributed by atoms with Crippen molar-refractivity contribution in [3.63, 3.8) is 0 Å². The van der Waals surface area contributed by atoms with Crippen molar-refractivity contribution in [3.05, 3.63) is 30.1 Å². The SMILES string of the molecule is COc1cccc(-c2nnc3n2CC(C(=O)O)CC3)c1. The van der Waals surface area contributed by atoms with Crippen LogP contribution < -0.4 is 4.74 Å². The second-order valence-corrected chi connectivity index (χ2v) is 4.86. The molecular formula is C14H15N3O3. The van der Waals surface area contributed by atoms with E-state index in [1.54, 1.807) is 7.11 Å². The van der Waals surface area contributed by atoms with Crippen LogP contribution >= 0.6 is 0 Å². The van der Waals surface area contributed by atoms with Crippen molar-refractivity contribution in [2.24, 2.45) is 5.92 Å². The van der Waals surface area contributed by atoms with Crippen molar-refractivity contribution in [2.45, 2.75) is 19.4 Å². The third-order valence-electron chi connectivity index (χ3n) is 3.62. The van der Waals surface area contributed by atoms with Gasteiger partial charge in [-0.25, -0.2) is 0 Å². The quantitative estimate of drug-likeness (QED) is 0.919. The number of carbonyl (C=O) groups is 1. The number of hydrogen-bond acceptors (Lipinski definition) is 4. The summed E-state index contributed by atoms with van der Waals surface area (Å²) in [4.78, 5) is 11.2. The van der Waals surface area contributed by atoms with E-state index < -0.39 is 5.97 Å².